The van der Waals surface area contributed by atoms with Gasteiger partial charge in [-0.05, 0) is 25.7 Å². The van der Waals surface area contributed by atoms with Gasteiger partial charge in [0.2, 0.25) is 5.91 Å². The lowest BCUT2D eigenvalue weighted by atomic mass is 9.98. The van der Waals surface area contributed by atoms with Crippen molar-refractivity contribution in [2.24, 2.45) is 0 Å². The predicted molar refractivity (Wildman–Crippen MR) is 49.2 cm³/mol. The first kappa shape index (κ1) is 9.00. The number of carbonyl (C=O) groups is 1. The van der Waals surface area contributed by atoms with Gasteiger partial charge < -0.3 is 10.4 Å². The fourth-order valence-electron chi connectivity index (χ4n) is 2.02. The molecular weight excluding hydrogens is 166 g/mol. The molecule has 2 fully saturated rings. The first-order chi connectivity index (χ1) is 6.18. The minimum absolute atomic E-state index is 0.0342. The van der Waals surface area contributed by atoms with Gasteiger partial charge in [0.25, 0.3) is 0 Å². The maximum Gasteiger partial charge on any atom is 0.223 e. The van der Waals surface area contributed by atoms with E-state index in [1.165, 1.54) is 0 Å². The molecule has 2 rings (SSSR count). The second-order valence-corrected chi connectivity index (χ2v) is 4.45. The highest BCUT2D eigenvalue weighted by atomic mass is 16.3. The molecule has 3 nitrogen and oxygen atoms in total. The summed E-state index contributed by atoms with van der Waals surface area (Å²) in [5.41, 5.74) is -0.682. The SMILES string of the molecule is O=C(CC1(O)CCCC1)NC1CC1. The summed E-state index contributed by atoms with van der Waals surface area (Å²) in [6.45, 7) is 0. The Labute approximate surface area is 78.5 Å². The standard InChI is InChI=1S/C10H17NO2/c12-9(11-8-3-4-8)7-10(13)5-1-2-6-10/h8,13H,1-7H2,(H,11,12). The number of nitrogens with one attached hydrogen (secondary N) is 1. The summed E-state index contributed by atoms with van der Waals surface area (Å²) in [7, 11) is 0. The van der Waals surface area contributed by atoms with Gasteiger partial charge in [-0.3, -0.25) is 4.79 Å². The van der Waals surface area contributed by atoms with Gasteiger partial charge in [0.15, 0.2) is 0 Å². The van der Waals surface area contributed by atoms with Crippen molar-refractivity contribution in [3.63, 3.8) is 0 Å². The number of rotatable bonds is 3. The van der Waals surface area contributed by atoms with Crippen LogP contribution in [0.3, 0.4) is 0 Å². The molecular formula is C10H17NO2. The molecule has 2 aliphatic carbocycles. The highest BCUT2D eigenvalue weighted by molar-refractivity contribution is 5.77. The molecule has 0 unspecified atom stereocenters. The summed E-state index contributed by atoms with van der Waals surface area (Å²) in [5.74, 6) is 0.0342. The van der Waals surface area contributed by atoms with Crippen molar-refractivity contribution < 1.29 is 9.90 Å². The minimum Gasteiger partial charge on any atom is -0.389 e. The lowest BCUT2D eigenvalue weighted by Gasteiger charge is -2.20. The largest absolute Gasteiger partial charge is 0.389 e. The van der Waals surface area contributed by atoms with Gasteiger partial charge in [0.05, 0.1) is 12.0 Å². The van der Waals surface area contributed by atoms with E-state index < -0.39 is 5.60 Å². The Balaban J connectivity index is 1.77. The molecule has 0 saturated heterocycles. The van der Waals surface area contributed by atoms with Gasteiger partial charge in [-0.1, -0.05) is 12.8 Å². The fraction of sp³-hybridized carbons (Fsp3) is 0.900. The van der Waals surface area contributed by atoms with Crippen molar-refractivity contribution in [1.82, 2.24) is 5.32 Å². The first-order valence-corrected chi connectivity index (χ1v) is 5.20. The maximum absolute atomic E-state index is 11.4. The molecule has 0 aromatic heterocycles. The molecule has 0 radical (unpaired) electrons. The molecule has 2 saturated carbocycles. The monoisotopic (exact) mass is 183 g/mol. The molecule has 1 amide bonds. The lowest BCUT2D eigenvalue weighted by molar-refractivity contribution is -0.126. The van der Waals surface area contributed by atoms with Crippen molar-refractivity contribution in [2.45, 2.75) is 56.6 Å². The summed E-state index contributed by atoms with van der Waals surface area (Å²) in [6.07, 6.45) is 6.26. The number of hydrogen-bond acceptors (Lipinski definition) is 2. The second kappa shape index (κ2) is 3.29. The molecule has 13 heavy (non-hydrogen) atoms. The van der Waals surface area contributed by atoms with Gasteiger partial charge in [0.1, 0.15) is 0 Å². The molecule has 2 aliphatic rings. The third-order valence-electron chi connectivity index (χ3n) is 2.97. The Kier molecular flexibility index (Phi) is 2.28. The van der Waals surface area contributed by atoms with Crippen LogP contribution in [0.15, 0.2) is 0 Å². The molecule has 0 bridgehead atoms. The Morgan fingerprint density at radius 3 is 2.54 bits per heavy atom. The van der Waals surface area contributed by atoms with Crippen molar-refractivity contribution in [3.05, 3.63) is 0 Å². The van der Waals surface area contributed by atoms with Crippen LogP contribution in [0, 0.1) is 0 Å². The van der Waals surface area contributed by atoms with E-state index in [1.54, 1.807) is 0 Å². The third-order valence-corrected chi connectivity index (χ3v) is 2.97. The number of amides is 1. The molecule has 0 aliphatic heterocycles. The van der Waals surface area contributed by atoms with Crippen LogP contribution in [-0.4, -0.2) is 22.7 Å². The summed E-state index contributed by atoms with van der Waals surface area (Å²) < 4.78 is 0. The molecule has 0 atom stereocenters. The Morgan fingerprint density at radius 2 is 2.00 bits per heavy atom. The zero-order valence-corrected chi connectivity index (χ0v) is 7.88. The minimum atomic E-state index is -0.682. The Hall–Kier alpha value is -0.570. The van der Waals surface area contributed by atoms with E-state index >= 15 is 0 Å². The Morgan fingerprint density at radius 1 is 1.38 bits per heavy atom. The zero-order chi connectivity index (χ0) is 9.31. The van der Waals surface area contributed by atoms with Crippen LogP contribution in [0.4, 0.5) is 0 Å². The summed E-state index contributed by atoms with van der Waals surface area (Å²) in [6, 6.07) is 0.414. The average Bonchev–Trinajstić information content (AvgIpc) is 2.74. The topological polar surface area (TPSA) is 49.3 Å². The lowest BCUT2D eigenvalue weighted by Crippen LogP contribution is -2.35. The van der Waals surface area contributed by atoms with Crippen molar-refractivity contribution in [1.29, 1.82) is 0 Å². The van der Waals surface area contributed by atoms with Gasteiger partial charge in [0, 0.05) is 6.04 Å². The van der Waals surface area contributed by atoms with Crippen LogP contribution >= 0.6 is 0 Å². The summed E-state index contributed by atoms with van der Waals surface area (Å²) in [5, 5.41) is 12.8. The first-order valence-electron chi connectivity index (χ1n) is 5.20. The van der Waals surface area contributed by atoms with E-state index in [4.69, 9.17) is 0 Å². The van der Waals surface area contributed by atoms with Crippen molar-refractivity contribution >= 4 is 5.91 Å². The van der Waals surface area contributed by atoms with Gasteiger partial charge in [-0.25, -0.2) is 0 Å². The van der Waals surface area contributed by atoms with Gasteiger partial charge in [-0.15, -0.1) is 0 Å². The Bertz CT molecular complexity index is 205. The molecule has 0 heterocycles. The normalized spacial score (nSPS) is 25.9. The number of carbonyl (C=O) groups excluding carboxylic acids is 1. The molecule has 3 heteroatoms. The average molecular weight is 183 g/mol. The van der Waals surface area contributed by atoms with Crippen LogP contribution in [0.1, 0.15) is 44.9 Å². The second-order valence-electron chi connectivity index (χ2n) is 4.45. The van der Waals surface area contributed by atoms with E-state index in [0.29, 0.717) is 12.5 Å². The van der Waals surface area contributed by atoms with Crippen LogP contribution in [0.5, 0.6) is 0 Å². The highest BCUT2D eigenvalue weighted by Gasteiger charge is 2.34. The fourth-order valence-corrected chi connectivity index (χ4v) is 2.02. The van der Waals surface area contributed by atoms with Crippen molar-refractivity contribution in [2.75, 3.05) is 0 Å². The summed E-state index contributed by atoms with van der Waals surface area (Å²) in [4.78, 5) is 11.4. The number of hydrogen-bond donors (Lipinski definition) is 2. The van der Waals surface area contributed by atoms with Crippen LogP contribution in [-0.2, 0) is 4.79 Å². The third kappa shape index (κ3) is 2.44. The van der Waals surface area contributed by atoms with E-state index in [9.17, 15) is 9.90 Å². The highest BCUT2D eigenvalue weighted by Crippen LogP contribution is 2.32. The maximum atomic E-state index is 11.4. The van der Waals surface area contributed by atoms with Gasteiger partial charge in [-0.2, -0.15) is 0 Å². The van der Waals surface area contributed by atoms with Crippen LogP contribution in [0.25, 0.3) is 0 Å². The quantitative estimate of drug-likeness (QED) is 0.684. The molecule has 2 N–H and O–H groups in total. The number of aliphatic hydroxyl groups is 1. The van der Waals surface area contributed by atoms with E-state index in [2.05, 4.69) is 5.32 Å². The molecule has 0 aromatic carbocycles. The van der Waals surface area contributed by atoms with E-state index in [1.807, 2.05) is 0 Å². The van der Waals surface area contributed by atoms with Gasteiger partial charge >= 0.3 is 0 Å². The van der Waals surface area contributed by atoms with Crippen LogP contribution < -0.4 is 5.32 Å². The summed E-state index contributed by atoms with van der Waals surface area (Å²) >= 11 is 0. The molecule has 74 valence electrons. The molecule has 0 spiro atoms. The smallest absolute Gasteiger partial charge is 0.223 e. The molecule has 0 aromatic rings. The zero-order valence-electron chi connectivity index (χ0n) is 7.88. The van der Waals surface area contributed by atoms with Crippen molar-refractivity contribution in [3.8, 4) is 0 Å². The van der Waals surface area contributed by atoms with E-state index in [0.717, 1.165) is 38.5 Å². The predicted octanol–water partition coefficient (Wildman–Crippen LogP) is 0.960. The van der Waals surface area contributed by atoms with Crippen LogP contribution in [0.2, 0.25) is 0 Å². The van der Waals surface area contributed by atoms with E-state index in [-0.39, 0.29) is 5.91 Å².